The first-order valence-corrected chi connectivity index (χ1v) is 11.0. The molecule has 0 fully saturated rings. The van der Waals surface area contributed by atoms with Gasteiger partial charge in [-0.25, -0.2) is 0 Å². The number of amides is 3. The van der Waals surface area contributed by atoms with Crippen LogP contribution >= 0.6 is 0 Å². The molecule has 1 heterocycles. The zero-order valence-electron chi connectivity index (χ0n) is 18.4. The van der Waals surface area contributed by atoms with E-state index in [-0.39, 0.29) is 30.2 Å². The number of hydrogen-bond donors (Lipinski definition) is 2. The van der Waals surface area contributed by atoms with Crippen molar-refractivity contribution >= 4 is 39.9 Å². The summed E-state index contributed by atoms with van der Waals surface area (Å²) in [5.41, 5.74) is 2.55. The van der Waals surface area contributed by atoms with Gasteiger partial charge in [-0.1, -0.05) is 43.3 Å². The van der Waals surface area contributed by atoms with Crippen LogP contribution in [0, 0.1) is 0 Å². The molecule has 0 radical (unpaired) electrons. The summed E-state index contributed by atoms with van der Waals surface area (Å²) in [6, 6.07) is 18.7. The normalized spacial score (nSPS) is 13.3. The fraction of sp³-hybridized carbons (Fsp3) is 0.269. The van der Waals surface area contributed by atoms with Crippen molar-refractivity contribution in [3.63, 3.8) is 0 Å². The maximum atomic E-state index is 12.9. The summed E-state index contributed by atoms with van der Waals surface area (Å²) in [5.74, 6) is -0.413. The van der Waals surface area contributed by atoms with E-state index in [0.717, 1.165) is 22.9 Å². The highest BCUT2D eigenvalue weighted by Crippen LogP contribution is 2.37. The van der Waals surface area contributed by atoms with Gasteiger partial charge in [0.05, 0.1) is 16.9 Å². The smallest absolute Gasteiger partial charge is 0.258 e. The first kappa shape index (κ1) is 21.6. The first-order chi connectivity index (χ1) is 15.5. The molecule has 0 spiro atoms. The summed E-state index contributed by atoms with van der Waals surface area (Å²) in [6.07, 6.45) is 1.59. The van der Waals surface area contributed by atoms with Crippen LogP contribution in [-0.4, -0.2) is 30.3 Å². The van der Waals surface area contributed by atoms with Crippen LogP contribution in [0.25, 0.3) is 10.8 Å². The molecular formula is C26H27N3O3. The summed E-state index contributed by atoms with van der Waals surface area (Å²) in [6.45, 7) is 4.40. The third kappa shape index (κ3) is 4.21. The quantitative estimate of drug-likeness (QED) is 0.543. The number of anilines is 2. The standard InChI is InChI=1S/C26H27N3O3/c1-3-17(2)27-25(31)19-11-4-5-13-21(19)28-23(30)15-8-16-29-22-14-7-10-18-9-6-12-20(24(18)22)26(29)32/h4-7,9-14,17H,3,8,15-16H2,1-2H3,(H,27,31)(H,28,30)/t17-/m0/s1. The first-order valence-electron chi connectivity index (χ1n) is 11.0. The largest absolute Gasteiger partial charge is 0.350 e. The van der Waals surface area contributed by atoms with Crippen molar-refractivity contribution in [3.8, 4) is 0 Å². The summed E-state index contributed by atoms with van der Waals surface area (Å²) >= 11 is 0. The van der Waals surface area contributed by atoms with Gasteiger partial charge in [0.15, 0.2) is 0 Å². The zero-order valence-corrected chi connectivity index (χ0v) is 18.4. The minimum absolute atomic E-state index is 0.0238. The number of carbonyl (C=O) groups is 3. The Morgan fingerprint density at radius 3 is 2.53 bits per heavy atom. The molecule has 4 rings (SSSR count). The number of benzene rings is 3. The number of hydrogen-bond acceptors (Lipinski definition) is 3. The molecule has 1 aliphatic heterocycles. The van der Waals surface area contributed by atoms with E-state index >= 15 is 0 Å². The third-order valence-electron chi connectivity index (χ3n) is 5.87. The van der Waals surface area contributed by atoms with Crippen molar-refractivity contribution in [2.75, 3.05) is 16.8 Å². The van der Waals surface area contributed by atoms with Crippen LogP contribution in [-0.2, 0) is 4.79 Å². The van der Waals surface area contributed by atoms with Gasteiger partial charge in [-0.15, -0.1) is 0 Å². The fourth-order valence-corrected chi connectivity index (χ4v) is 4.01. The second kappa shape index (κ2) is 9.22. The number of nitrogens with zero attached hydrogens (tertiary/aromatic N) is 1. The molecule has 32 heavy (non-hydrogen) atoms. The van der Waals surface area contributed by atoms with Gasteiger partial charge in [-0.3, -0.25) is 14.4 Å². The van der Waals surface area contributed by atoms with E-state index in [2.05, 4.69) is 10.6 Å². The second-order valence-corrected chi connectivity index (χ2v) is 8.12. The van der Waals surface area contributed by atoms with Gasteiger partial charge < -0.3 is 15.5 Å². The molecule has 0 bridgehead atoms. The minimum atomic E-state index is -0.205. The van der Waals surface area contributed by atoms with E-state index in [1.165, 1.54) is 0 Å². The number of para-hydroxylation sites is 1. The fourth-order valence-electron chi connectivity index (χ4n) is 4.01. The molecule has 3 aromatic carbocycles. The van der Waals surface area contributed by atoms with Crippen molar-refractivity contribution in [2.24, 2.45) is 0 Å². The average Bonchev–Trinajstić information content (AvgIpc) is 3.07. The second-order valence-electron chi connectivity index (χ2n) is 8.12. The van der Waals surface area contributed by atoms with Gasteiger partial charge in [0.25, 0.3) is 11.8 Å². The summed E-state index contributed by atoms with van der Waals surface area (Å²) in [4.78, 5) is 39.7. The van der Waals surface area contributed by atoms with Gasteiger partial charge in [-0.05, 0) is 49.4 Å². The third-order valence-corrected chi connectivity index (χ3v) is 5.87. The summed E-state index contributed by atoms with van der Waals surface area (Å²) in [7, 11) is 0. The molecule has 1 aliphatic rings. The highest BCUT2D eigenvalue weighted by Gasteiger charge is 2.29. The molecule has 6 heteroatoms. The highest BCUT2D eigenvalue weighted by molar-refractivity contribution is 6.25. The van der Waals surface area contributed by atoms with Crippen LogP contribution in [0.4, 0.5) is 11.4 Å². The van der Waals surface area contributed by atoms with Gasteiger partial charge in [0.1, 0.15) is 0 Å². The van der Waals surface area contributed by atoms with E-state index in [1.54, 1.807) is 29.2 Å². The Labute approximate surface area is 187 Å². The summed E-state index contributed by atoms with van der Waals surface area (Å²) < 4.78 is 0. The average molecular weight is 430 g/mol. The van der Waals surface area contributed by atoms with Crippen molar-refractivity contribution < 1.29 is 14.4 Å². The molecule has 3 aromatic rings. The van der Waals surface area contributed by atoms with E-state index in [0.29, 0.717) is 29.8 Å². The maximum Gasteiger partial charge on any atom is 0.258 e. The molecule has 6 nitrogen and oxygen atoms in total. The molecule has 3 amide bonds. The van der Waals surface area contributed by atoms with E-state index in [1.807, 2.05) is 50.2 Å². The number of nitrogens with one attached hydrogen (secondary N) is 2. The predicted molar refractivity (Wildman–Crippen MR) is 127 cm³/mol. The van der Waals surface area contributed by atoms with Crippen molar-refractivity contribution in [1.29, 1.82) is 0 Å². The van der Waals surface area contributed by atoms with Crippen LogP contribution in [0.5, 0.6) is 0 Å². The highest BCUT2D eigenvalue weighted by atomic mass is 16.2. The van der Waals surface area contributed by atoms with Crippen molar-refractivity contribution in [1.82, 2.24) is 5.32 Å². The monoisotopic (exact) mass is 429 g/mol. The lowest BCUT2D eigenvalue weighted by atomic mass is 10.1. The Morgan fingerprint density at radius 2 is 1.75 bits per heavy atom. The lowest BCUT2D eigenvalue weighted by molar-refractivity contribution is -0.116. The van der Waals surface area contributed by atoms with Crippen LogP contribution in [0.15, 0.2) is 60.7 Å². The topological polar surface area (TPSA) is 78.5 Å². The van der Waals surface area contributed by atoms with Gasteiger partial charge in [-0.2, -0.15) is 0 Å². The summed E-state index contributed by atoms with van der Waals surface area (Å²) in [5, 5.41) is 7.80. The molecule has 164 valence electrons. The molecule has 0 saturated carbocycles. The molecule has 0 saturated heterocycles. The molecular weight excluding hydrogens is 402 g/mol. The zero-order chi connectivity index (χ0) is 22.7. The molecule has 2 N–H and O–H groups in total. The van der Waals surface area contributed by atoms with Crippen molar-refractivity contribution in [2.45, 2.75) is 39.2 Å². The molecule has 0 aliphatic carbocycles. The predicted octanol–water partition coefficient (Wildman–Crippen LogP) is 4.75. The van der Waals surface area contributed by atoms with Crippen LogP contribution < -0.4 is 15.5 Å². The Kier molecular flexibility index (Phi) is 6.21. The van der Waals surface area contributed by atoms with E-state index in [4.69, 9.17) is 0 Å². The number of carbonyl (C=O) groups excluding carboxylic acids is 3. The van der Waals surface area contributed by atoms with E-state index in [9.17, 15) is 14.4 Å². The Hall–Kier alpha value is -3.67. The van der Waals surface area contributed by atoms with Gasteiger partial charge in [0, 0.05) is 30.0 Å². The Bertz CT molecular complexity index is 1180. The van der Waals surface area contributed by atoms with Crippen molar-refractivity contribution in [3.05, 3.63) is 71.8 Å². The molecule has 0 aromatic heterocycles. The van der Waals surface area contributed by atoms with Gasteiger partial charge in [0.2, 0.25) is 5.91 Å². The van der Waals surface area contributed by atoms with Gasteiger partial charge >= 0.3 is 0 Å². The molecule has 1 atom stereocenters. The lowest BCUT2D eigenvalue weighted by Gasteiger charge is -2.18. The Balaban J connectivity index is 1.38. The number of rotatable bonds is 8. The van der Waals surface area contributed by atoms with Crippen LogP contribution in [0.1, 0.15) is 53.8 Å². The minimum Gasteiger partial charge on any atom is -0.350 e. The van der Waals surface area contributed by atoms with Crippen LogP contribution in [0.2, 0.25) is 0 Å². The van der Waals surface area contributed by atoms with E-state index < -0.39 is 0 Å². The maximum absolute atomic E-state index is 12.9. The van der Waals surface area contributed by atoms with Crippen LogP contribution in [0.3, 0.4) is 0 Å². The SMILES string of the molecule is CC[C@H](C)NC(=O)c1ccccc1NC(=O)CCCN1C(=O)c2cccc3cccc1c23. The molecule has 0 unspecified atom stereocenters. The Morgan fingerprint density at radius 1 is 1.00 bits per heavy atom. The lowest BCUT2D eigenvalue weighted by Crippen LogP contribution is -2.32.